The van der Waals surface area contributed by atoms with Gasteiger partial charge in [-0.2, -0.15) is 0 Å². The van der Waals surface area contributed by atoms with Gasteiger partial charge in [0.25, 0.3) is 5.56 Å². The molecule has 4 rings (SSSR count). The number of carbonyl (C=O) groups excluding carboxylic acids is 3. The van der Waals surface area contributed by atoms with Gasteiger partial charge in [-0.05, 0) is 74.4 Å². The van der Waals surface area contributed by atoms with Crippen molar-refractivity contribution < 1.29 is 19.1 Å². The lowest BCUT2D eigenvalue weighted by atomic mass is 10.2. The van der Waals surface area contributed by atoms with Crippen LogP contribution in [-0.4, -0.2) is 30.0 Å². The Morgan fingerprint density at radius 1 is 0.971 bits per heavy atom. The third-order valence-corrected chi connectivity index (χ3v) is 4.71. The maximum atomic E-state index is 11.5. The van der Waals surface area contributed by atoms with Crippen LogP contribution in [0.3, 0.4) is 0 Å². The molecule has 1 fully saturated rings. The summed E-state index contributed by atoms with van der Waals surface area (Å²) in [5, 5.41) is 5.69. The first-order chi connectivity index (χ1) is 16.5. The number of nitrogens with one attached hydrogen (secondary N) is 2. The summed E-state index contributed by atoms with van der Waals surface area (Å²) in [6, 6.07) is 18.9. The maximum absolute atomic E-state index is 11.5. The number of halogens is 1. The van der Waals surface area contributed by atoms with Crippen LogP contribution in [0.25, 0.3) is 5.69 Å². The molecule has 8 nitrogen and oxygen atoms in total. The summed E-state index contributed by atoms with van der Waals surface area (Å²) in [4.78, 5) is 42.2. The number of aromatic nitrogens is 1. The molecule has 0 aliphatic heterocycles. The van der Waals surface area contributed by atoms with Gasteiger partial charge >= 0.3 is 5.97 Å². The number of hydrogen-bond acceptors (Lipinski definition) is 5. The lowest BCUT2D eigenvalue weighted by Gasteiger charge is -2.05. The first-order valence-electron chi connectivity index (χ1n) is 10.6. The zero-order chi connectivity index (χ0) is 24.8. The fourth-order valence-electron chi connectivity index (χ4n) is 2.62. The first-order valence-corrected chi connectivity index (χ1v) is 11.0. The van der Waals surface area contributed by atoms with Gasteiger partial charge in [0.1, 0.15) is 0 Å². The number of esters is 1. The van der Waals surface area contributed by atoms with Crippen LogP contribution in [0, 0.1) is 5.92 Å². The summed E-state index contributed by atoms with van der Waals surface area (Å²) in [5.41, 5.74) is 2.13. The molecule has 2 N–H and O–H groups in total. The molecule has 1 aliphatic carbocycles. The second-order valence-corrected chi connectivity index (χ2v) is 7.45. The highest BCUT2D eigenvalue weighted by molar-refractivity contribution is 6.30. The van der Waals surface area contributed by atoms with Crippen molar-refractivity contribution in [1.82, 2.24) is 4.57 Å². The van der Waals surface area contributed by atoms with E-state index in [9.17, 15) is 19.2 Å². The van der Waals surface area contributed by atoms with Crippen molar-refractivity contribution >= 4 is 41.8 Å². The molecule has 1 heterocycles. The molecule has 1 aliphatic rings. The number of hydrogen-bond donors (Lipinski definition) is 2. The Hall–Kier alpha value is -3.91. The second kappa shape index (κ2) is 14.3. The predicted molar refractivity (Wildman–Crippen MR) is 132 cm³/mol. The minimum atomic E-state index is -0.0846. The van der Waals surface area contributed by atoms with Crippen molar-refractivity contribution in [1.29, 1.82) is 0 Å². The number of anilines is 2. The lowest BCUT2D eigenvalue weighted by Crippen LogP contribution is -2.15. The fraction of sp³-hybridized carbons (Fsp3) is 0.200. The molecule has 0 saturated heterocycles. The minimum absolute atomic E-state index is 0.00694. The largest absolute Gasteiger partial charge is 0.466 e. The highest BCUT2D eigenvalue weighted by Crippen LogP contribution is 2.29. The van der Waals surface area contributed by atoms with E-state index in [0.29, 0.717) is 30.1 Å². The summed E-state index contributed by atoms with van der Waals surface area (Å²) in [5.74, 6) is 0.252. The molecule has 0 atom stereocenters. The number of amides is 2. The summed E-state index contributed by atoms with van der Waals surface area (Å²) in [6.07, 6.45) is 5.02. The van der Waals surface area contributed by atoms with Gasteiger partial charge in [-0.3, -0.25) is 23.7 Å². The van der Waals surface area contributed by atoms with E-state index in [4.69, 9.17) is 16.3 Å². The molecular weight excluding hydrogens is 458 g/mol. The SMILES string of the molecule is CCOC(=O)C1CC1.O=CNc1ccc(-n2ccccc2=O)cc1.O=CNc1ccc(Cl)cc1. The topological polar surface area (TPSA) is 106 Å². The van der Waals surface area contributed by atoms with Crippen molar-refractivity contribution in [3.8, 4) is 5.69 Å². The summed E-state index contributed by atoms with van der Waals surface area (Å²) in [7, 11) is 0. The Labute approximate surface area is 202 Å². The maximum Gasteiger partial charge on any atom is 0.308 e. The Balaban J connectivity index is 0.000000195. The molecule has 178 valence electrons. The molecule has 0 bridgehead atoms. The van der Waals surface area contributed by atoms with Crippen LogP contribution in [0.5, 0.6) is 0 Å². The highest BCUT2D eigenvalue weighted by atomic mass is 35.5. The molecule has 9 heteroatoms. The van der Waals surface area contributed by atoms with Crippen molar-refractivity contribution in [2.24, 2.45) is 5.92 Å². The van der Waals surface area contributed by atoms with Crippen molar-refractivity contribution in [3.05, 3.63) is 88.3 Å². The van der Waals surface area contributed by atoms with E-state index in [1.807, 2.05) is 6.92 Å². The van der Waals surface area contributed by atoms with Crippen molar-refractivity contribution in [2.45, 2.75) is 19.8 Å². The Morgan fingerprint density at radius 3 is 2.00 bits per heavy atom. The molecule has 3 aromatic rings. The van der Waals surface area contributed by atoms with E-state index in [0.717, 1.165) is 24.2 Å². The number of rotatable bonds is 7. The highest BCUT2D eigenvalue weighted by Gasteiger charge is 2.30. The second-order valence-electron chi connectivity index (χ2n) is 7.01. The van der Waals surface area contributed by atoms with Crippen LogP contribution in [0.15, 0.2) is 77.7 Å². The van der Waals surface area contributed by atoms with Crippen molar-refractivity contribution in [2.75, 3.05) is 17.2 Å². The monoisotopic (exact) mass is 483 g/mol. The van der Waals surface area contributed by atoms with Crippen LogP contribution in [0.1, 0.15) is 19.8 Å². The fourth-order valence-corrected chi connectivity index (χ4v) is 2.75. The molecule has 2 amide bonds. The van der Waals surface area contributed by atoms with E-state index < -0.39 is 0 Å². The third kappa shape index (κ3) is 9.30. The van der Waals surface area contributed by atoms with Gasteiger partial charge in [0.05, 0.1) is 12.5 Å². The van der Waals surface area contributed by atoms with Gasteiger partial charge in [0.15, 0.2) is 0 Å². The van der Waals surface area contributed by atoms with Gasteiger partial charge in [-0.15, -0.1) is 0 Å². The zero-order valence-corrected chi connectivity index (χ0v) is 19.4. The van der Waals surface area contributed by atoms with Crippen LogP contribution in [-0.2, 0) is 19.1 Å². The normalized spacial score (nSPS) is 11.5. The Morgan fingerprint density at radius 2 is 1.53 bits per heavy atom. The molecule has 2 aromatic carbocycles. The van der Waals surface area contributed by atoms with Crippen molar-refractivity contribution in [3.63, 3.8) is 0 Å². The van der Waals surface area contributed by atoms with Gasteiger partial charge in [0, 0.05) is 34.3 Å². The molecule has 1 aromatic heterocycles. The van der Waals surface area contributed by atoms with Crippen LogP contribution >= 0.6 is 11.6 Å². The molecule has 1 saturated carbocycles. The van der Waals surface area contributed by atoms with Crippen LogP contribution < -0.4 is 16.2 Å². The quantitative estimate of drug-likeness (QED) is 0.385. The van der Waals surface area contributed by atoms with Gasteiger partial charge < -0.3 is 15.4 Å². The molecule has 34 heavy (non-hydrogen) atoms. The standard InChI is InChI=1S/C12H10N2O2.C7H6ClNO.C6H10O2/c15-9-13-10-4-6-11(7-5-10)14-8-2-1-3-12(14)16;8-6-1-3-7(4-2-6)9-5-10;1-2-8-6(7)5-3-4-5/h1-9H,(H,13,15);1-5H,(H,9,10);5H,2-4H2,1H3. The zero-order valence-electron chi connectivity index (χ0n) is 18.6. The first kappa shape index (κ1) is 26.3. The van der Waals surface area contributed by atoms with E-state index in [-0.39, 0.29) is 17.4 Å². The molecule has 0 unspecified atom stereocenters. The Kier molecular flexibility index (Phi) is 11.1. The molecular formula is C25H26ClN3O5. The van der Waals surface area contributed by atoms with Gasteiger partial charge in [-0.25, -0.2) is 0 Å². The molecule has 0 radical (unpaired) electrons. The van der Waals surface area contributed by atoms with E-state index in [2.05, 4.69) is 10.6 Å². The number of benzene rings is 2. The Bertz CT molecular complexity index is 1110. The minimum Gasteiger partial charge on any atom is -0.466 e. The average Bonchev–Trinajstić information content (AvgIpc) is 3.69. The number of pyridine rings is 1. The smallest absolute Gasteiger partial charge is 0.308 e. The average molecular weight is 484 g/mol. The number of nitrogens with zero attached hydrogens (tertiary/aromatic N) is 1. The van der Waals surface area contributed by atoms with Crippen LogP contribution in [0.2, 0.25) is 5.02 Å². The number of ether oxygens (including phenoxy) is 1. The number of carbonyl (C=O) groups is 3. The summed E-state index contributed by atoms with van der Waals surface area (Å²) in [6.45, 7) is 2.36. The van der Waals surface area contributed by atoms with Gasteiger partial charge in [0.2, 0.25) is 12.8 Å². The lowest BCUT2D eigenvalue weighted by molar-refractivity contribution is -0.144. The summed E-state index contributed by atoms with van der Waals surface area (Å²) >= 11 is 5.60. The third-order valence-electron chi connectivity index (χ3n) is 4.46. The van der Waals surface area contributed by atoms with E-state index >= 15 is 0 Å². The van der Waals surface area contributed by atoms with E-state index in [1.165, 1.54) is 10.6 Å². The molecule has 0 spiro atoms. The van der Waals surface area contributed by atoms with Crippen LogP contribution in [0.4, 0.5) is 11.4 Å². The summed E-state index contributed by atoms with van der Waals surface area (Å²) < 4.78 is 6.26. The van der Waals surface area contributed by atoms with Gasteiger partial charge in [-0.1, -0.05) is 17.7 Å². The van der Waals surface area contributed by atoms with E-state index in [1.54, 1.807) is 66.9 Å². The predicted octanol–water partition coefficient (Wildman–Crippen LogP) is 4.27.